The van der Waals surface area contributed by atoms with Crippen LogP contribution in [0.2, 0.25) is 0 Å². The lowest BCUT2D eigenvalue weighted by Gasteiger charge is -2.18. The summed E-state index contributed by atoms with van der Waals surface area (Å²) in [7, 11) is 0. The second-order valence-corrected chi connectivity index (χ2v) is 6.37. The minimum absolute atomic E-state index is 0.488. The molecular formula is C15H23N3OS. The van der Waals surface area contributed by atoms with Gasteiger partial charge in [0.2, 0.25) is 0 Å². The lowest BCUT2D eigenvalue weighted by Crippen LogP contribution is -2.32. The minimum Gasteiger partial charge on any atom is -0.378 e. The molecule has 3 rings (SSSR count). The normalized spacial score (nSPS) is 20.8. The van der Waals surface area contributed by atoms with E-state index in [1.54, 1.807) is 11.3 Å². The van der Waals surface area contributed by atoms with E-state index in [1.807, 2.05) is 0 Å². The predicted octanol–water partition coefficient (Wildman–Crippen LogP) is 2.88. The molecule has 4 nitrogen and oxygen atoms in total. The van der Waals surface area contributed by atoms with Gasteiger partial charge in [0.25, 0.3) is 0 Å². The van der Waals surface area contributed by atoms with Crippen LogP contribution in [-0.2, 0) is 11.2 Å². The van der Waals surface area contributed by atoms with Gasteiger partial charge in [-0.25, -0.2) is 4.98 Å². The van der Waals surface area contributed by atoms with Crippen LogP contribution in [0.15, 0.2) is 17.8 Å². The Bertz CT molecular complexity index is 501. The Morgan fingerprint density at radius 1 is 1.60 bits per heavy atom. The molecule has 2 atom stereocenters. The Kier molecular flexibility index (Phi) is 4.70. The smallest absolute Gasteiger partial charge is 0.193 e. The van der Waals surface area contributed by atoms with Crippen LogP contribution in [0, 0.1) is 0 Å². The molecule has 1 aliphatic heterocycles. The molecule has 1 saturated heterocycles. The van der Waals surface area contributed by atoms with Crippen LogP contribution in [0.3, 0.4) is 0 Å². The van der Waals surface area contributed by atoms with Gasteiger partial charge in [0.15, 0.2) is 4.96 Å². The van der Waals surface area contributed by atoms with Crippen LogP contribution in [0.4, 0.5) is 0 Å². The predicted molar refractivity (Wildman–Crippen MR) is 82.4 cm³/mol. The fourth-order valence-corrected chi connectivity index (χ4v) is 3.67. The summed E-state index contributed by atoms with van der Waals surface area (Å²) >= 11 is 1.69. The summed E-state index contributed by atoms with van der Waals surface area (Å²) in [6.07, 6.45) is 10.5. The topological polar surface area (TPSA) is 38.6 Å². The maximum atomic E-state index is 5.72. The fourth-order valence-electron chi connectivity index (χ4n) is 2.95. The van der Waals surface area contributed by atoms with Crippen molar-refractivity contribution in [1.82, 2.24) is 14.7 Å². The maximum Gasteiger partial charge on any atom is 0.193 e. The van der Waals surface area contributed by atoms with Crippen molar-refractivity contribution in [3.05, 3.63) is 23.5 Å². The van der Waals surface area contributed by atoms with E-state index < -0.39 is 0 Å². The van der Waals surface area contributed by atoms with Crippen molar-refractivity contribution in [2.24, 2.45) is 0 Å². The van der Waals surface area contributed by atoms with E-state index in [-0.39, 0.29) is 0 Å². The van der Waals surface area contributed by atoms with E-state index in [1.165, 1.54) is 31.4 Å². The SMILES string of the molecule is CCNC(CCC1CCCO1)Cc1cn2ccsc2n1. The van der Waals surface area contributed by atoms with Gasteiger partial charge in [0, 0.05) is 36.8 Å². The van der Waals surface area contributed by atoms with E-state index in [0.717, 1.165) is 24.5 Å². The molecule has 0 saturated carbocycles. The summed E-state index contributed by atoms with van der Waals surface area (Å²) in [6, 6.07) is 0.508. The molecule has 1 N–H and O–H groups in total. The quantitative estimate of drug-likeness (QED) is 0.853. The number of fused-ring (bicyclic) bond motifs is 1. The summed E-state index contributed by atoms with van der Waals surface area (Å²) in [5.74, 6) is 0. The van der Waals surface area contributed by atoms with Gasteiger partial charge in [0.1, 0.15) is 0 Å². The van der Waals surface area contributed by atoms with Crippen LogP contribution >= 0.6 is 11.3 Å². The first kappa shape index (κ1) is 14.0. The zero-order chi connectivity index (χ0) is 13.8. The first-order valence-electron chi connectivity index (χ1n) is 7.61. The number of nitrogens with one attached hydrogen (secondary N) is 1. The van der Waals surface area contributed by atoms with Crippen LogP contribution < -0.4 is 5.32 Å². The Balaban J connectivity index is 1.56. The molecule has 1 fully saturated rings. The highest BCUT2D eigenvalue weighted by Crippen LogP contribution is 2.19. The molecule has 2 aromatic rings. The zero-order valence-electron chi connectivity index (χ0n) is 12.0. The molecule has 0 aromatic carbocycles. The Morgan fingerprint density at radius 2 is 2.55 bits per heavy atom. The summed E-state index contributed by atoms with van der Waals surface area (Å²) in [4.78, 5) is 5.78. The summed E-state index contributed by atoms with van der Waals surface area (Å²) in [6.45, 7) is 4.14. The van der Waals surface area contributed by atoms with Gasteiger partial charge < -0.3 is 10.1 Å². The third-order valence-corrected chi connectivity index (χ3v) is 4.72. The standard InChI is InChI=1S/C15H23N3OS/c1-2-16-12(5-6-14-4-3-8-19-14)10-13-11-18-7-9-20-15(18)17-13/h7,9,11-12,14,16H,2-6,8,10H2,1H3. The molecular weight excluding hydrogens is 270 g/mol. The molecule has 20 heavy (non-hydrogen) atoms. The summed E-state index contributed by atoms with van der Waals surface area (Å²) in [5, 5.41) is 5.66. The van der Waals surface area contributed by atoms with Crippen molar-refractivity contribution in [2.75, 3.05) is 13.2 Å². The average Bonchev–Trinajstić information content (AvgIpc) is 3.12. The maximum absolute atomic E-state index is 5.72. The first-order chi connectivity index (χ1) is 9.85. The van der Waals surface area contributed by atoms with Crippen LogP contribution in [0.5, 0.6) is 0 Å². The van der Waals surface area contributed by atoms with Gasteiger partial charge in [0.05, 0.1) is 11.8 Å². The van der Waals surface area contributed by atoms with Gasteiger partial charge in [-0.3, -0.25) is 4.40 Å². The molecule has 0 bridgehead atoms. The first-order valence-corrected chi connectivity index (χ1v) is 8.49. The van der Waals surface area contributed by atoms with Crippen molar-refractivity contribution < 1.29 is 4.74 Å². The highest BCUT2D eigenvalue weighted by atomic mass is 32.1. The van der Waals surface area contributed by atoms with Gasteiger partial charge in [-0.1, -0.05) is 6.92 Å². The molecule has 1 aliphatic rings. The van der Waals surface area contributed by atoms with E-state index >= 15 is 0 Å². The second kappa shape index (κ2) is 6.70. The van der Waals surface area contributed by atoms with Crippen molar-refractivity contribution in [1.29, 1.82) is 0 Å². The Hall–Kier alpha value is -0.910. The molecule has 0 spiro atoms. The van der Waals surface area contributed by atoms with Gasteiger partial charge >= 0.3 is 0 Å². The van der Waals surface area contributed by atoms with Crippen molar-refractivity contribution in [3.63, 3.8) is 0 Å². The minimum atomic E-state index is 0.488. The van der Waals surface area contributed by atoms with E-state index in [4.69, 9.17) is 4.74 Å². The number of ether oxygens (including phenoxy) is 1. The Labute approximate surface area is 124 Å². The highest BCUT2D eigenvalue weighted by molar-refractivity contribution is 7.15. The van der Waals surface area contributed by atoms with E-state index in [9.17, 15) is 0 Å². The molecule has 3 heterocycles. The number of imidazole rings is 1. The van der Waals surface area contributed by atoms with Crippen LogP contribution in [-0.4, -0.2) is 34.7 Å². The third kappa shape index (κ3) is 3.40. The summed E-state index contributed by atoms with van der Waals surface area (Å²) in [5.41, 5.74) is 1.19. The average molecular weight is 293 g/mol. The van der Waals surface area contributed by atoms with Crippen LogP contribution in [0.25, 0.3) is 4.96 Å². The summed E-state index contributed by atoms with van der Waals surface area (Å²) < 4.78 is 7.84. The number of hydrogen-bond donors (Lipinski definition) is 1. The van der Waals surface area contributed by atoms with Crippen molar-refractivity contribution >= 4 is 16.3 Å². The zero-order valence-corrected chi connectivity index (χ0v) is 12.9. The molecule has 2 aromatic heterocycles. The monoisotopic (exact) mass is 293 g/mol. The van der Waals surface area contributed by atoms with Crippen molar-refractivity contribution in [3.8, 4) is 0 Å². The van der Waals surface area contributed by atoms with Gasteiger partial charge in [-0.2, -0.15) is 0 Å². The Morgan fingerprint density at radius 3 is 3.30 bits per heavy atom. The number of hydrogen-bond acceptors (Lipinski definition) is 4. The lowest BCUT2D eigenvalue weighted by atomic mass is 10.0. The molecule has 2 unspecified atom stereocenters. The molecule has 0 radical (unpaired) electrons. The van der Waals surface area contributed by atoms with Gasteiger partial charge in [-0.05, 0) is 32.2 Å². The molecule has 110 valence electrons. The number of thiazole rings is 1. The largest absolute Gasteiger partial charge is 0.378 e. The number of rotatable bonds is 7. The van der Waals surface area contributed by atoms with Crippen LogP contribution in [0.1, 0.15) is 38.3 Å². The highest BCUT2D eigenvalue weighted by Gasteiger charge is 2.18. The second-order valence-electron chi connectivity index (χ2n) is 5.50. The van der Waals surface area contributed by atoms with Crippen molar-refractivity contribution in [2.45, 2.75) is 51.2 Å². The fraction of sp³-hybridized carbons (Fsp3) is 0.667. The molecule has 0 amide bonds. The number of nitrogens with zero attached hydrogens (tertiary/aromatic N) is 2. The lowest BCUT2D eigenvalue weighted by molar-refractivity contribution is 0.0996. The third-order valence-electron chi connectivity index (χ3n) is 3.95. The number of aromatic nitrogens is 2. The van der Waals surface area contributed by atoms with E-state index in [0.29, 0.717) is 12.1 Å². The van der Waals surface area contributed by atoms with Gasteiger partial charge in [-0.15, -0.1) is 11.3 Å². The molecule has 0 aliphatic carbocycles. The van der Waals surface area contributed by atoms with E-state index in [2.05, 4.69) is 39.4 Å². The number of likely N-dealkylation sites (N-methyl/N-ethyl adjacent to an activating group) is 1. The molecule has 5 heteroatoms.